The minimum atomic E-state index is -0.387. The summed E-state index contributed by atoms with van der Waals surface area (Å²) in [5, 5.41) is 4.59. The molecule has 0 aliphatic heterocycles. The van der Waals surface area contributed by atoms with E-state index in [-0.39, 0.29) is 11.7 Å². The summed E-state index contributed by atoms with van der Waals surface area (Å²) in [5.41, 5.74) is 5.00. The molecule has 72 valence electrons. The number of fused-ring (bicyclic) bond motifs is 1. The molecule has 7 heteroatoms. The van der Waals surface area contributed by atoms with E-state index in [9.17, 15) is 4.79 Å². The standard InChI is InChI=1S/C7H7N5OS/c8-5(13)4-14-7-10-6-9-2-1-3-12(6)11-7/h1-3H,4H2,(H2,8,13). The SMILES string of the molecule is NC(=O)CSc1nc2ncccn2n1. The van der Waals surface area contributed by atoms with Gasteiger partial charge in [-0.2, -0.15) is 4.98 Å². The predicted octanol–water partition coefficient (Wildman–Crippen LogP) is -0.298. The summed E-state index contributed by atoms with van der Waals surface area (Å²) in [6.45, 7) is 0. The molecule has 0 saturated carbocycles. The Bertz CT molecular complexity index is 435. The second-order valence-electron chi connectivity index (χ2n) is 2.51. The molecular formula is C7H7N5OS. The molecule has 2 rings (SSSR count). The number of aromatic nitrogens is 4. The van der Waals surface area contributed by atoms with Crippen LogP contribution in [0.1, 0.15) is 0 Å². The van der Waals surface area contributed by atoms with Crippen LogP contribution in [0, 0.1) is 0 Å². The monoisotopic (exact) mass is 209 g/mol. The number of thioether (sulfide) groups is 1. The molecule has 0 aliphatic carbocycles. The molecule has 2 aromatic rings. The van der Waals surface area contributed by atoms with Crippen LogP contribution >= 0.6 is 11.8 Å². The van der Waals surface area contributed by atoms with Crippen molar-refractivity contribution in [2.24, 2.45) is 5.73 Å². The number of hydrogen-bond acceptors (Lipinski definition) is 5. The highest BCUT2D eigenvalue weighted by Crippen LogP contribution is 2.12. The minimum absolute atomic E-state index is 0.177. The summed E-state index contributed by atoms with van der Waals surface area (Å²) in [4.78, 5) is 18.6. The molecule has 0 spiro atoms. The minimum Gasteiger partial charge on any atom is -0.369 e. The van der Waals surface area contributed by atoms with Gasteiger partial charge in [0, 0.05) is 12.4 Å². The van der Waals surface area contributed by atoms with Gasteiger partial charge in [0.2, 0.25) is 11.1 Å². The van der Waals surface area contributed by atoms with Crippen molar-refractivity contribution in [2.45, 2.75) is 5.16 Å². The van der Waals surface area contributed by atoms with E-state index in [0.29, 0.717) is 10.9 Å². The Kier molecular flexibility index (Phi) is 2.32. The van der Waals surface area contributed by atoms with Gasteiger partial charge in [0.1, 0.15) is 0 Å². The number of rotatable bonds is 3. The van der Waals surface area contributed by atoms with Gasteiger partial charge in [-0.3, -0.25) is 4.79 Å². The number of nitrogens with zero attached hydrogens (tertiary/aromatic N) is 4. The Morgan fingerprint density at radius 3 is 3.21 bits per heavy atom. The third-order valence-electron chi connectivity index (χ3n) is 1.44. The first-order valence-electron chi connectivity index (χ1n) is 3.84. The van der Waals surface area contributed by atoms with Crippen molar-refractivity contribution >= 4 is 23.4 Å². The van der Waals surface area contributed by atoms with E-state index in [2.05, 4.69) is 15.1 Å². The van der Waals surface area contributed by atoms with Gasteiger partial charge >= 0.3 is 0 Å². The van der Waals surface area contributed by atoms with Crippen LogP contribution in [-0.4, -0.2) is 31.2 Å². The molecule has 2 heterocycles. The molecule has 0 unspecified atom stereocenters. The average Bonchev–Trinajstić information content (AvgIpc) is 2.57. The van der Waals surface area contributed by atoms with E-state index in [4.69, 9.17) is 5.73 Å². The van der Waals surface area contributed by atoms with Crippen LogP contribution in [0.5, 0.6) is 0 Å². The lowest BCUT2D eigenvalue weighted by molar-refractivity contribution is -0.115. The fourth-order valence-electron chi connectivity index (χ4n) is 0.911. The zero-order chi connectivity index (χ0) is 9.97. The molecule has 0 aliphatic rings. The molecule has 0 aromatic carbocycles. The Morgan fingerprint density at radius 1 is 1.64 bits per heavy atom. The predicted molar refractivity (Wildman–Crippen MR) is 50.7 cm³/mol. The normalized spacial score (nSPS) is 10.6. The maximum atomic E-state index is 10.5. The Balaban J connectivity index is 2.22. The summed E-state index contributed by atoms with van der Waals surface area (Å²) >= 11 is 1.20. The fraction of sp³-hybridized carbons (Fsp3) is 0.143. The quantitative estimate of drug-likeness (QED) is 0.701. The van der Waals surface area contributed by atoms with Crippen molar-refractivity contribution in [1.29, 1.82) is 0 Å². The van der Waals surface area contributed by atoms with Crippen molar-refractivity contribution in [3.63, 3.8) is 0 Å². The molecule has 0 atom stereocenters. The summed E-state index contributed by atoms with van der Waals surface area (Å²) in [5.74, 6) is 0.304. The van der Waals surface area contributed by atoms with E-state index in [1.165, 1.54) is 11.8 Å². The van der Waals surface area contributed by atoms with E-state index < -0.39 is 0 Å². The summed E-state index contributed by atoms with van der Waals surface area (Å²) in [6, 6.07) is 1.75. The average molecular weight is 209 g/mol. The van der Waals surface area contributed by atoms with Gasteiger partial charge in [-0.05, 0) is 6.07 Å². The second kappa shape index (κ2) is 3.62. The van der Waals surface area contributed by atoms with Gasteiger partial charge in [0.05, 0.1) is 5.75 Å². The molecule has 0 bridgehead atoms. The number of carbonyl (C=O) groups excluding carboxylic acids is 1. The number of primary amides is 1. The zero-order valence-corrected chi connectivity index (χ0v) is 7.94. The molecule has 1 amide bonds. The number of carbonyl (C=O) groups is 1. The topological polar surface area (TPSA) is 86.2 Å². The number of nitrogens with two attached hydrogens (primary N) is 1. The van der Waals surface area contributed by atoms with Crippen LogP contribution in [-0.2, 0) is 4.79 Å². The Morgan fingerprint density at radius 2 is 2.50 bits per heavy atom. The molecule has 0 saturated heterocycles. The first kappa shape index (κ1) is 8.95. The lowest BCUT2D eigenvalue weighted by atomic mass is 10.7. The van der Waals surface area contributed by atoms with Gasteiger partial charge in [-0.1, -0.05) is 11.8 Å². The fourth-order valence-corrected chi connectivity index (χ4v) is 1.47. The van der Waals surface area contributed by atoms with Crippen LogP contribution in [0.15, 0.2) is 23.6 Å². The van der Waals surface area contributed by atoms with E-state index in [0.717, 1.165) is 0 Å². The maximum Gasteiger partial charge on any atom is 0.253 e. The number of amides is 1. The highest BCUT2D eigenvalue weighted by Gasteiger charge is 2.05. The molecular weight excluding hydrogens is 202 g/mol. The van der Waals surface area contributed by atoms with E-state index in [1.807, 2.05) is 0 Å². The van der Waals surface area contributed by atoms with Gasteiger partial charge in [-0.25, -0.2) is 9.50 Å². The molecule has 0 radical (unpaired) electrons. The lowest BCUT2D eigenvalue weighted by Gasteiger charge is -1.88. The van der Waals surface area contributed by atoms with Crippen LogP contribution in [0.2, 0.25) is 0 Å². The highest BCUT2D eigenvalue weighted by atomic mass is 32.2. The van der Waals surface area contributed by atoms with Crippen molar-refractivity contribution in [3.8, 4) is 0 Å². The first-order valence-corrected chi connectivity index (χ1v) is 4.83. The summed E-state index contributed by atoms with van der Waals surface area (Å²) < 4.78 is 1.54. The van der Waals surface area contributed by atoms with E-state index >= 15 is 0 Å². The van der Waals surface area contributed by atoms with Crippen molar-refractivity contribution in [3.05, 3.63) is 18.5 Å². The smallest absolute Gasteiger partial charge is 0.253 e. The first-order chi connectivity index (χ1) is 6.75. The van der Waals surface area contributed by atoms with Crippen LogP contribution < -0.4 is 5.73 Å². The van der Waals surface area contributed by atoms with Crippen LogP contribution in [0.25, 0.3) is 5.78 Å². The van der Waals surface area contributed by atoms with Crippen LogP contribution in [0.3, 0.4) is 0 Å². The maximum absolute atomic E-state index is 10.5. The second-order valence-corrected chi connectivity index (χ2v) is 3.46. The third-order valence-corrected chi connectivity index (χ3v) is 2.30. The zero-order valence-electron chi connectivity index (χ0n) is 7.12. The Hall–Kier alpha value is -1.63. The van der Waals surface area contributed by atoms with Gasteiger partial charge in [0.25, 0.3) is 5.78 Å². The highest BCUT2D eigenvalue weighted by molar-refractivity contribution is 7.99. The molecule has 2 N–H and O–H groups in total. The van der Waals surface area contributed by atoms with Crippen molar-refractivity contribution in [2.75, 3.05) is 5.75 Å². The molecule has 0 fully saturated rings. The van der Waals surface area contributed by atoms with Crippen LogP contribution in [0.4, 0.5) is 0 Å². The summed E-state index contributed by atoms with van der Waals surface area (Å²) in [6.07, 6.45) is 3.37. The third kappa shape index (κ3) is 1.82. The van der Waals surface area contributed by atoms with Crippen molar-refractivity contribution < 1.29 is 4.79 Å². The van der Waals surface area contributed by atoms with Gasteiger partial charge < -0.3 is 5.73 Å². The van der Waals surface area contributed by atoms with E-state index in [1.54, 1.807) is 23.0 Å². The molecule has 6 nitrogen and oxygen atoms in total. The van der Waals surface area contributed by atoms with Crippen molar-refractivity contribution in [1.82, 2.24) is 19.6 Å². The lowest BCUT2D eigenvalue weighted by Crippen LogP contribution is -2.13. The largest absolute Gasteiger partial charge is 0.369 e. The molecule has 2 aromatic heterocycles. The van der Waals surface area contributed by atoms with Gasteiger partial charge in [-0.15, -0.1) is 5.10 Å². The van der Waals surface area contributed by atoms with Gasteiger partial charge in [0.15, 0.2) is 0 Å². The number of hydrogen-bond donors (Lipinski definition) is 1. The summed E-state index contributed by atoms with van der Waals surface area (Å²) in [7, 11) is 0. The molecule has 14 heavy (non-hydrogen) atoms. The Labute approximate surface area is 83.5 Å².